The Morgan fingerprint density at radius 2 is 1.87 bits per heavy atom. The molecule has 0 spiro atoms. The average molecular weight is 378 g/mol. The molecule has 2 rings (SSSR count). The minimum atomic E-state index is -0.0215. The van der Waals surface area contributed by atoms with Gasteiger partial charge in [0.1, 0.15) is 12.3 Å². The molecule has 0 bridgehead atoms. The summed E-state index contributed by atoms with van der Waals surface area (Å²) < 4.78 is 6.58. The van der Waals surface area contributed by atoms with Crippen LogP contribution >= 0.6 is 15.9 Å². The zero-order valence-corrected chi connectivity index (χ0v) is 15.0. The molecule has 0 aliphatic carbocycles. The molecule has 2 N–H and O–H groups in total. The van der Waals surface area contributed by atoms with Crippen molar-refractivity contribution in [3.05, 3.63) is 58.6 Å². The van der Waals surface area contributed by atoms with Gasteiger partial charge in [0.25, 0.3) is 5.91 Å². The number of carbonyl (C=O) groups is 1. The van der Waals surface area contributed by atoms with E-state index in [9.17, 15) is 4.79 Å². The van der Waals surface area contributed by atoms with Crippen LogP contribution in [0.1, 0.15) is 12.5 Å². The lowest BCUT2D eigenvalue weighted by molar-refractivity contribution is -0.885. The van der Waals surface area contributed by atoms with Gasteiger partial charge in [-0.25, -0.2) is 0 Å². The van der Waals surface area contributed by atoms with Crippen LogP contribution in [0, 0.1) is 0 Å². The summed E-state index contributed by atoms with van der Waals surface area (Å²) in [5.41, 5.74) is 1.92. The van der Waals surface area contributed by atoms with E-state index in [0.29, 0.717) is 18.9 Å². The topological polar surface area (TPSA) is 42.8 Å². The predicted molar refractivity (Wildman–Crippen MR) is 95.8 cm³/mol. The van der Waals surface area contributed by atoms with Gasteiger partial charge in [-0.15, -0.1) is 0 Å². The smallest absolute Gasteiger partial charge is 0.279 e. The molecule has 2 aromatic rings. The van der Waals surface area contributed by atoms with Gasteiger partial charge in [0.05, 0.1) is 19.3 Å². The third kappa shape index (κ3) is 5.69. The van der Waals surface area contributed by atoms with Gasteiger partial charge in [-0.2, -0.15) is 0 Å². The number of amides is 1. The first-order chi connectivity index (χ1) is 11.1. The van der Waals surface area contributed by atoms with Crippen LogP contribution in [0.4, 0.5) is 5.69 Å². The van der Waals surface area contributed by atoms with Gasteiger partial charge in [0.15, 0.2) is 6.54 Å². The third-order valence-corrected chi connectivity index (χ3v) is 3.87. The quantitative estimate of drug-likeness (QED) is 0.778. The van der Waals surface area contributed by atoms with Crippen molar-refractivity contribution in [2.24, 2.45) is 0 Å². The van der Waals surface area contributed by atoms with Crippen molar-refractivity contribution in [3.63, 3.8) is 0 Å². The Kier molecular flexibility index (Phi) is 6.62. The second kappa shape index (κ2) is 8.70. The molecule has 4 nitrogen and oxygen atoms in total. The number of hydrogen-bond donors (Lipinski definition) is 2. The fourth-order valence-electron chi connectivity index (χ4n) is 2.33. The van der Waals surface area contributed by atoms with E-state index in [1.165, 1.54) is 5.56 Å². The van der Waals surface area contributed by atoms with Crippen LogP contribution in [0.3, 0.4) is 0 Å². The summed E-state index contributed by atoms with van der Waals surface area (Å²) >= 11 is 3.43. The molecule has 0 saturated carbocycles. The van der Waals surface area contributed by atoms with Crippen molar-refractivity contribution in [3.8, 4) is 5.75 Å². The van der Waals surface area contributed by atoms with Crippen molar-refractivity contribution in [2.45, 2.75) is 13.5 Å². The SMILES string of the molecule is CCOc1ccccc1NC(=O)C[NH+](C)Cc1ccc(Br)cc1. The van der Waals surface area contributed by atoms with Crippen molar-refractivity contribution < 1.29 is 14.4 Å². The van der Waals surface area contributed by atoms with Crippen molar-refractivity contribution >= 4 is 27.5 Å². The number of hydrogen-bond acceptors (Lipinski definition) is 2. The first-order valence-electron chi connectivity index (χ1n) is 7.66. The van der Waals surface area contributed by atoms with E-state index >= 15 is 0 Å². The predicted octanol–water partition coefficient (Wildman–Crippen LogP) is 2.50. The van der Waals surface area contributed by atoms with Gasteiger partial charge >= 0.3 is 0 Å². The Hall–Kier alpha value is -1.85. The average Bonchev–Trinajstić information content (AvgIpc) is 2.51. The van der Waals surface area contributed by atoms with Crippen LogP contribution in [0.15, 0.2) is 53.0 Å². The molecule has 0 radical (unpaired) electrons. The molecule has 1 atom stereocenters. The molecular weight excluding hydrogens is 356 g/mol. The van der Waals surface area contributed by atoms with Crippen LogP contribution < -0.4 is 15.0 Å². The maximum atomic E-state index is 12.2. The van der Waals surface area contributed by atoms with Gasteiger partial charge in [0.2, 0.25) is 0 Å². The molecule has 122 valence electrons. The molecule has 1 unspecified atom stereocenters. The fraction of sp³-hybridized carbons (Fsp3) is 0.278. The van der Waals surface area contributed by atoms with Crippen LogP contribution in [-0.4, -0.2) is 26.1 Å². The summed E-state index contributed by atoms with van der Waals surface area (Å²) in [7, 11) is 2.01. The van der Waals surface area contributed by atoms with E-state index in [0.717, 1.165) is 21.6 Å². The van der Waals surface area contributed by atoms with Gasteiger partial charge in [0, 0.05) is 10.0 Å². The molecule has 0 aliphatic heterocycles. The monoisotopic (exact) mass is 377 g/mol. The molecule has 0 saturated heterocycles. The number of para-hydroxylation sites is 2. The van der Waals surface area contributed by atoms with Crippen molar-refractivity contribution in [1.29, 1.82) is 0 Å². The number of benzene rings is 2. The van der Waals surface area contributed by atoms with Crippen LogP contribution in [-0.2, 0) is 11.3 Å². The molecule has 23 heavy (non-hydrogen) atoms. The number of quaternary nitrogens is 1. The van der Waals surface area contributed by atoms with E-state index < -0.39 is 0 Å². The van der Waals surface area contributed by atoms with E-state index in [1.807, 2.05) is 50.4 Å². The molecule has 0 aromatic heterocycles. The second-order valence-corrected chi connectivity index (χ2v) is 6.33. The Morgan fingerprint density at radius 1 is 1.17 bits per heavy atom. The first-order valence-corrected chi connectivity index (χ1v) is 8.45. The maximum Gasteiger partial charge on any atom is 0.279 e. The summed E-state index contributed by atoms with van der Waals surface area (Å²) in [4.78, 5) is 13.4. The highest BCUT2D eigenvalue weighted by molar-refractivity contribution is 9.10. The fourth-order valence-corrected chi connectivity index (χ4v) is 2.60. The zero-order chi connectivity index (χ0) is 16.7. The van der Waals surface area contributed by atoms with E-state index in [4.69, 9.17) is 4.74 Å². The van der Waals surface area contributed by atoms with Gasteiger partial charge in [-0.05, 0) is 31.2 Å². The summed E-state index contributed by atoms with van der Waals surface area (Å²) in [5.74, 6) is 0.681. The number of rotatable bonds is 7. The number of ether oxygens (including phenoxy) is 1. The maximum absolute atomic E-state index is 12.2. The molecular formula is C18H22BrN2O2+. The highest BCUT2D eigenvalue weighted by atomic mass is 79.9. The highest BCUT2D eigenvalue weighted by Gasteiger charge is 2.13. The summed E-state index contributed by atoms with van der Waals surface area (Å²) in [6.45, 7) is 3.70. The third-order valence-electron chi connectivity index (χ3n) is 3.34. The lowest BCUT2D eigenvalue weighted by Gasteiger charge is -2.15. The Balaban J connectivity index is 1.90. The van der Waals surface area contributed by atoms with E-state index in [1.54, 1.807) is 0 Å². The molecule has 1 amide bonds. The van der Waals surface area contributed by atoms with Gasteiger partial charge in [-0.3, -0.25) is 4.79 Å². The van der Waals surface area contributed by atoms with Crippen molar-refractivity contribution in [1.82, 2.24) is 0 Å². The molecule has 5 heteroatoms. The zero-order valence-electron chi connectivity index (χ0n) is 13.4. The normalized spacial score (nSPS) is 11.8. The van der Waals surface area contributed by atoms with Crippen LogP contribution in [0.5, 0.6) is 5.75 Å². The Morgan fingerprint density at radius 3 is 2.57 bits per heavy atom. The van der Waals surface area contributed by atoms with Gasteiger partial charge < -0.3 is 15.0 Å². The second-order valence-electron chi connectivity index (χ2n) is 5.41. The number of anilines is 1. The molecule has 2 aromatic carbocycles. The number of likely N-dealkylation sites (N-methyl/N-ethyl adjacent to an activating group) is 1. The summed E-state index contributed by atoms with van der Waals surface area (Å²) in [5, 5.41) is 2.93. The van der Waals surface area contributed by atoms with Crippen molar-refractivity contribution in [2.75, 3.05) is 25.5 Å². The summed E-state index contributed by atoms with van der Waals surface area (Å²) in [6, 6.07) is 15.7. The number of nitrogens with one attached hydrogen (secondary N) is 2. The Labute approximate surface area is 145 Å². The minimum absolute atomic E-state index is 0.0215. The van der Waals surface area contributed by atoms with E-state index in [-0.39, 0.29) is 5.91 Å². The molecule has 0 fully saturated rings. The first kappa shape index (κ1) is 17.5. The van der Waals surface area contributed by atoms with Crippen LogP contribution in [0.2, 0.25) is 0 Å². The van der Waals surface area contributed by atoms with Gasteiger partial charge in [-0.1, -0.05) is 40.2 Å². The summed E-state index contributed by atoms with van der Waals surface area (Å²) in [6.07, 6.45) is 0. The standard InChI is InChI=1S/C18H21BrN2O2/c1-3-23-17-7-5-4-6-16(17)20-18(22)13-21(2)12-14-8-10-15(19)11-9-14/h4-11H,3,12-13H2,1-2H3,(H,20,22)/p+1. The Bertz CT molecular complexity index is 644. The number of carbonyl (C=O) groups excluding carboxylic acids is 1. The van der Waals surface area contributed by atoms with E-state index in [2.05, 4.69) is 33.4 Å². The minimum Gasteiger partial charge on any atom is -0.492 e. The highest BCUT2D eigenvalue weighted by Crippen LogP contribution is 2.23. The lowest BCUT2D eigenvalue weighted by Crippen LogP contribution is -3.08. The molecule has 0 aliphatic rings. The number of halogens is 1. The lowest BCUT2D eigenvalue weighted by atomic mass is 10.2. The van der Waals surface area contributed by atoms with Crippen LogP contribution in [0.25, 0.3) is 0 Å². The molecule has 0 heterocycles. The largest absolute Gasteiger partial charge is 0.492 e.